The first-order chi connectivity index (χ1) is 15.9. The first-order valence-electron chi connectivity index (χ1n) is 9.72. The second kappa shape index (κ2) is 9.36. The average molecular weight is 482 g/mol. The van der Waals surface area contributed by atoms with Gasteiger partial charge in [-0.05, 0) is 36.8 Å². The Morgan fingerprint density at radius 2 is 2.03 bits per heavy atom. The van der Waals surface area contributed by atoms with Crippen molar-refractivity contribution < 1.29 is 14.3 Å². The van der Waals surface area contributed by atoms with Gasteiger partial charge in [-0.3, -0.25) is 4.79 Å². The molecule has 33 heavy (non-hydrogen) atoms. The van der Waals surface area contributed by atoms with E-state index in [4.69, 9.17) is 32.7 Å². The highest BCUT2D eigenvalue weighted by Crippen LogP contribution is 2.30. The largest absolute Gasteiger partial charge is 0.494 e. The number of para-hydroxylation sites is 1. The second-order valence-corrected chi connectivity index (χ2v) is 7.84. The molecule has 0 saturated heterocycles. The van der Waals surface area contributed by atoms with Crippen molar-refractivity contribution in [2.24, 2.45) is 0 Å². The van der Waals surface area contributed by atoms with Gasteiger partial charge in [0.25, 0.3) is 5.91 Å². The standard InChI is InChI=1S/C23H17Cl2N5O3/c1-13-8-20(28-22-16(13)4-3-5-18(22)32-2)30-23(14(10-26)11-27-30)29-21(31)12-33-19-9-15(24)6-7-17(19)25/h3-9,11H,12H2,1-2H3,(H,29,31). The summed E-state index contributed by atoms with van der Waals surface area (Å²) in [5.41, 5.74) is 1.74. The van der Waals surface area contributed by atoms with E-state index in [1.807, 2.05) is 37.3 Å². The van der Waals surface area contributed by atoms with Crippen molar-refractivity contribution in [1.29, 1.82) is 5.26 Å². The van der Waals surface area contributed by atoms with E-state index in [9.17, 15) is 10.1 Å². The molecule has 0 aliphatic heterocycles. The number of methoxy groups -OCH3 is 1. The van der Waals surface area contributed by atoms with Gasteiger partial charge in [-0.15, -0.1) is 0 Å². The minimum absolute atomic E-state index is 0.170. The Bertz CT molecular complexity index is 1410. The zero-order valence-electron chi connectivity index (χ0n) is 17.6. The van der Waals surface area contributed by atoms with Crippen molar-refractivity contribution in [3.8, 4) is 23.4 Å². The van der Waals surface area contributed by atoms with Crippen LogP contribution in [0, 0.1) is 18.3 Å². The van der Waals surface area contributed by atoms with Crippen LogP contribution in [-0.2, 0) is 4.79 Å². The number of fused-ring (bicyclic) bond motifs is 1. The summed E-state index contributed by atoms with van der Waals surface area (Å²) in [6, 6.07) is 14.2. The van der Waals surface area contributed by atoms with Gasteiger partial charge < -0.3 is 14.8 Å². The lowest BCUT2D eigenvalue weighted by Gasteiger charge is -2.13. The Balaban J connectivity index is 1.65. The van der Waals surface area contributed by atoms with E-state index in [1.54, 1.807) is 19.2 Å². The smallest absolute Gasteiger partial charge is 0.263 e. The number of hydrogen-bond acceptors (Lipinski definition) is 6. The molecular weight excluding hydrogens is 465 g/mol. The van der Waals surface area contributed by atoms with Gasteiger partial charge in [0.15, 0.2) is 18.2 Å². The summed E-state index contributed by atoms with van der Waals surface area (Å²) in [6.45, 7) is 1.58. The summed E-state index contributed by atoms with van der Waals surface area (Å²) in [7, 11) is 1.57. The van der Waals surface area contributed by atoms with E-state index in [0.717, 1.165) is 10.9 Å². The number of ether oxygens (including phenoxy) is 2. The van der Waals surface area contributed by atoms with Crippen LogP contribution in [0.5, 0.6) is 11.5 Å². The molecule has 1 amide bonds. The molecule has 1 N–H and O–H groups in total. The number of aromatic nitrogens is 3. The zero-order valence-corrected chi connectivity index (χ0v) is 19.1. The summed E-state index contributed by atoms with van der Waals surface area (Å²) in [5, 5.41) is 18.1. The van der Waals surface area contributed by atoms with Gasteiger partial charge in [-0.2, -0.15) is 15.0 Å². The van der Waals surface area contributed by atoms with Crippen molar-refractivity contribution in [2.75, 3.05) is 19.0 Å². The second-order valence-electron chi connectivity index (χ2n) is 7.00. The summed E-state index contributed by atoms with van der Waals surface area (Å²) in [5.74, 6) is 0.943. The van der Waals surface area contributed by atoms with E-state index in [-0.39, 0.29) is 23.7 Å². The number of nitriles is 1. The Morgan fingerprint density at radius 1 is 1.21 bits per heavy atom. The van der Waals surface area contributed by atoms with Crippen molar-refractivity contribution >= 4 is 45.8 Å². The Kier molecular flexibility index (Phi) is 6.36. The van der Waals surface area contributed by atoms with Gasteiger partial charge in [-0.25, -0.2) is 4.98 Å². The maximum Gasteiger partial charge on any atom is 0.263 e. The fraction of sp³-hybridized carbons (Fsp3) is 0.130. The fourth-order valence-corrected chi connectivity index (χ4v) is 3.60. The third kappa shape index (κ3) is 4.55. The molecule has 166 valence electrons. The van der Waals surface area contributed by atoms with E-state index in [2.05, 4.69) is 15.4 Å². The molecule has 2 heterocycles. The molecule has 0 fully saturated rings. The molecule has 0 spiro atoms. The van der Waals surface area contributed by atoms with Crippen LogP contribution in [-0.4, -0.2) is 34.4 Å². The molecule has 0 aliphatic rings. The lowest BCUT2D eigenvalue weighted by Crippen LogP contribution is -2.22. The number of halogens is 2. The Hall–Kier alpha value is -3.80. The number of hydrogen-bond donors (Lipinski definition) is 1. The summed E-state index contributed by atoms with van der Waals surface area (Å²) < 4.78 is 12.3. The third-order valence-corrected chi connectivity index (χ3v) is 5.38. The zero-order chi connectivity index (χ0) is 23.5. The number of aryl methyl sites for hydroxylation is 1. The number of nitrogens with one attached hydrogen (secondary N) is 1. The predicted octanol–water partition coefficient (Wildman–Crippen LogP) is 4.93. The molecule has 0 bridgehead atoms. The maximum atomic E-state index is 12.6. The Labute approximate surface area is 199 Å². The van der Waals surface area contributed by atoms with E-state index < -0.39 is 5.91 Å². The number of carbonyl (C=O) groups is 1. The minimum Gasteiger partial charge on any atom is -0.494 e. The monoisotopic (exact) mass is 481 g/mol. The van der Waals surface area contributed by atoms with Gasteiger partial charge in [0, 0.05) is 16.5 Å². The molecule has 0 saturated carbocycles. The molecule has 4 aromatic rings. The topological polar surface area (TPSA) is 102 Å². The number of rotatable bonds is 6. The molecular formula is C23H17Cl2N5O3. The van der Waals surface area contributed by atoms with Crippen LogP contribution in [0.15, 0.2) is 48.7 Å². The lowest BCUT2D eigenvalue weighted by molar-refractivity contribution is -0.118. The maximum absolute atomic E-state index is 12.6. The molecule has 8 nitrogen and oxygen atoms in total. The van der Waals surface area contributed by atoms with Crippen molar-refractivity contribution in [3.63, 3.8) is 0 Å². The highest BCUT2D eigenvalue weighted by Gasteiger charge is 2.18. The summed E-state index contributed by atoms with van der Waals surface area (Å²) >= 11 is 12.0. The van der Waals surface area contributed by atoms with Crippen molar-refractivity contribution in [1.82, 2.24) is 14.8 Å². The highest BCUT2D eigenvalue weighted by molar-refractivity contribution is 6.34. The van der Waals surface area contributed by atoms with Gasteiger partial charge in [-0.1, -0.05) is 35.3 Å². The predicted molar refractivity (Wildman–Crippen MR) is 125 cm³/mol. The van der Waals surface area contributed by atoms with Crippen LogP contribution in [0.1, 0.15) is 11.1 Å². The number of anilines is 1. The van der Waals surface area contributed by atoms with Crippen LogP contribution in [0.3, 0.4) is 0 Å². The van der Waals surface area contributed by atoms with Crippen LogP contribution in [0.4, 0.5) is 5.82 Å². The minimum atomic E-state index is -0.514. The first-order valence-corrected chi connectivity index (χ1v) is 10.5. The fourth-order valence-electron chi connectivity index (χ4n) is 3.27. The molecule has 0 aliphatic carbocycles. The average Bonchev–Trinajstić information content (AvgIpc) is 3.21. The third-order valence-electron chi connectivity index (χ3n) is 4.83. The molecule has 2 aromatic heterocycles. The van der Waals surface area contributed by atoms with E-state index >= 15 is 0 Å². The van der Waals surface area contributed by atoms with Gasteiger partial charge in [0.05, 0.1) is 18.3 Å². The van der Waals surface area contributed by atoms with E-state index in [0.29, 0.717) is 27.1 Å². The van der Waals surface area contributed by atoms with Crippen molar-refractivity contribution in [3.05, 3.63) is 69.8 Å². The van der Waals surface area contributed by atoms with Gasteiger partial charge in [0.1, 0.15) is 28.6 Å². The molecule has 10 heteroatoms. The van der Waals surface area contributed by atoms with Crippen LogP contribution in [0.25, 0.3) is 16.7 Å². The van der Waals surface area contributed by atoms with Gasteiger partial charge >= 0.3 is 0 Å². The summed E-state index contributed by atoms with van der Waals surface area (Å²) in [6.07, 6.45) is 1.35. The number of benzene rings is 2. The molecule has 4 rings (SSSR count). The molecule has 0 atom stereocenters. The molecule has 0 unspecified atom stereocenters. The molecule has 2 aromatic carbocycles. The van der Waals surface area contributed by atoms with Gasteiger partial charge in [0.2, 0.25) is 0 Å². The van der Waals surface area contributed by atoms with Crippen LogP contribution in [0.2, 0.25) is 10.0 Å². The normalized spacial score (nSPS) is 10.6. The van der Waals surface area contributed by atoms with Crippen LogP contribution < -0.4 is 14.8 Å². The number of nitrogens with zero attached hydrogens (tertiary/aromatic N) is 4. The SMILES string of the molecule is COc1cccc2c(C)cc(-n3ncc(C#N)c3NC(=O)COc3cc(Cl)ccc3Cl)nc12. The van der Waals surface area contributed by atoms with Crippen LogP contribution >= 0.6 is 23.2 Å². The van der Waals surface area contributed by atoms with E-state index in [1.165, 1.54) is 16.9 Å². The lowest BCUT2D eigenvalue weighted by atomic mass is 10.1. The summed E-state index contributed by atoms with van der Waals surface area (Å²) in [4.78, 5) is 17.3. The van der Waals surface area contributed by atoms with Crippen molar-refractivity contribution in [2.45, 2.75) is 6.92 Å². The Morgan fingerprint density at radius 3 is 2.79 bits per heavy atom. The first kappa shape index (κ1) is 22.4. The highest BCUT2D eigenvalue weighted by atomic mass is 35.5. The number of amides is 1. The molecule has 0 radical (unpaired) electrons. The quantitative estimate of drug-likeness (QED) is 0.418. The number of pyridine rings is 1. The number of carbonyl (C=O) groups excluding carboxylic acids is 1.